The average molecular weight is 556 g/mol. The fraction of sp³-hybridized carbons (Fsp3) is 0.100. The summed E-state index contributed by atoms with van der Waals surface area (Å²) < 4.78 is 7.27. The van der Waals surface area contributed by atoms with Crippen molar-refractivity contribution in [3.05, 3.63) is 133 Å². The van der Waals surface area contributed by atoms with Crippen molar-refractivity contribution >= 4 is 65.4 Å². The lowest BCUT2D eigenvalue weighted by molar-refractivity contribution is 0.827. The zero-order valence-electron chi connectivity index (χ0n) is 24.8. The predicted octanol–water partition coefficient (Wildman–Crippen LogP) is 11.0. The molecule has 0 atom stereocenters. The average Bonchev–Trinajstić information content (AvgIpc) is 3.70. The summed E-state index contributed by atoms with van der Waals surface area (Å²) in [4.78, 5) is 0. The summed E-state index contributed by atoms with van der Waals surface area (Å²) in [6.45, 7) is 7.16. The zero-order chi connectivity index (χ0) is 29.1. The number of hydrogen-bond donors (Lipinski definition) is 0. The summed E-state index contributed by atoms with van der Waals surface area (Å²) in [6.07, 6.45) is 0. The lowest BCUT2D eigenvalue weighted by Gasteiger charge is -2.09. The second-order valence-electron chi connectivity index (χ2n) is 10.9. The van der Waals surface area contributed by atoms with Gasteiger partial charge in [0.1, 0.15) is 0 Å². The van der Waals surface area contributed by atoms with Crippen LogP contribution in [0.4, 0.5) is 0 Å². The third-order valence-corrected chi connectivity index (χ3v) is 8.82. The maximum absolute atomic E-state index is 2.44. The maximum Gasteiger partial charge on any atom is 0.0541 e. The number of aromatic nitrogens is 3. The van der Waals surface area contributed by atoms with Crippen LogP contribution >= 0.6 is 0 Å². The van der Waals surface area contributed by atoms with Crippen molar-refractivity contribution in [3.8, 4) is 11.4 Å². The van der Waals surface area contributed by atoms with Crippen LogP contribution in [0.15, 0.2) is 133 Å². The van der Waals surface area contributed by atoms with Crippen LogP contribution in [-0.2, 0) is 6.54 Å². The third-order valence-electron chi connectivity index (χ3n) is 8.82. The summed E-state index contributed by atoms with van der Waals surface area (Å²) in [5.74, 6) is 0. The van der Waals surface area contributed by atoms with Crippen LogP contribution in [0.1, 0.15) is 20.8 Å². The number of para-hydroxylation sites is 4. The Hall–Kier alpha value is -5.28. The molecular formula is C40H33N3. The van der Waals surface area contributed by atoms with E-state index in [0.717, 1.165) is 6.54 Å². The predicted molar refractivity (Wildman–Crippen MR) is 185 cm³/mol. The van der Waals surface area contributed by atoms with Gasteiger partial charge in [0.25, 0.3) is 0 Å². The van der Waals surface area contributed by atoms with Crippen molar-refractivity contribution in [1.29, 1.82) is 0 Å². The van der Waals surface area contributed by atoms with Gasteiger partial charge in [0.05, 0.1) is 22.1 Å². The van der Waals surface area contributed by atoms with Gasteiger partial charge in [0.15, 0.2) is 0 Å². The number of fused-ring (bicyclic) bond motifs is 9. The molecule has 9 rings (SSSR count). The molecule has 208 valence electrons. The Bertz CT molecular complexity index is 2190. The molecular weight excluding hydrogens is 522 g/mol. The molecule has 0 aliphatic rings. The molecule has 0 radical (unpaired) electrons. The molecule has 3 aromatic heterocycles. The van der Waals surface area contributed by atoms with E-state index in [1.54, 1.807) is 0 Å². The van der Waals surface area contributed by atoms with Crippen LogP contribution in [0.25, 0.3) is 76.8 Å². The molecule has 0 aliphatic heterocycles. The van der Waals surface area contributed by atoms with E-state index in [0.29, 0.717) is 0 Å². The van der Waals surface area contributed by atoms with E-state index in [1.807, 2.05) is 13.8 Å². The monoisotopic (exact) mass is 555 g/mol. The summed E-state index contributed by atoms with van der Waals surface area (Å²) in [5, 5.41) is 7.70. The first-order chi connectivity index (χ1) is 21.3. The Balaban J connectivity index is 0.00000136. The van der Waals surface area contributed by atoms with Gasteiger partial charge in [-0.3, -0.25) is 0 Å². The lowest BCUT2D eigenvalue weighted by Crippen LogP contribution is -1.96. The first kappa shape index (κ1) is 25.4. The van der Waals surface area contributed by atoms with E-state index in [-0.39, 0.29) is 0 Å². The largest absolute Gasteiger partial charge is 0.341 e. The normalized spacial score (nSPS) is 11.7. The fourth-order valence-electron chi connectivity index (χ4n) is 7.10. The minimum absolute atomic E-state index is 0.920. The molecule has 3 heteroatoms. The Morgan fingerprint density at radius 1 is 0.372 bits per heavy atom. The van der Waals surface area contributed by atoms with Gasteiger partial charge in [0, 0.05) is 61.3 Å². The van der Waals surface area contributed by atoms with E-state index < -0.39 is 0 Å². The molecule has 0 saturated heterocycles. The standard InChI is InChI=1S/C38H27N3.C2H6/c1-2-39-33-21-19-25(40-35-15-7-3-11-27(35)28-12-4-8-16-36(28)40)23-31(33)32-24-26(20-22-34(32)39)41-37-17-9-5-13-29(37)30-14-6-10-18-38(30)41;1-2/h3-24H,2H2,1H3;1-2H3. The van der Waals surface area contributed by atoms with E-state index in [9.17, 15) is 0 Å². The molecule has 0 fully saturated rings. The molecule has 9 aromatic rings. The Kier molecular flexibility index (Phi) is 5.87. The molecule has 3 heterocycles. The topological polar surface area (TPSA) is 14.8 Å². The van der Waals surface area contributed by atoms with Crippen molar-refractivity contribution in [2.24, 2.45) is 0 Å². The molecule has 6 aromatic carbocycles. The maximum atomic E-state index is 2.44. The first-order valence-corrected chi connectivity index (χ1v) is 15.3. The summed E-state index contributed by atoms with van der Waals surface area (Å²) >= 11 is 0. The third kappa shape index (κ3) is 3.61. The lowest BCUT2D eigenvalue weighted by atomic mass is 10.1. The van der Waals surface area contributed by atoms with E-state index in [2.05, 4.69) is 154 Å². The minimum atomic E-state index is 0.920. The quantitative estimate of drug-likeness (QED) is 0.206. The number of hydrogen-bond acceptors (Lipinski definition) is 0. The second kappa shape index (κ2) is 9.92. The molecule has 0 saturated carbocycles. The first-order valence-electron chi connectivity index (χ1n) is 15.3. The molecule has 0 bridgehead atoms. The van der Waals surface area contributed by atoms with Crippen LogP contribution in [0, 0.1) is 0 Å². The van der Waals surface area contributed by atoms with Crippen molar-refractivity contribution in [1.82, 2.24) is 13.7 Å². The van der Waals surface area contributed by atoms with Gasteiger partial charge in [-0.2, -0.15) is 0 Å². The van der Waals surface area contributed by atoms with Crippen LogP contribution < -0.4 is 0 Å². The van der Waals surface area contributed by atoms with Crippen LogP contribution in [0.2, 0.25) is 0 Å². The van der Waals surface area contributed by atoms with E-state index in [4.69, 9.17) is 0 Å². The molecule has 0 amide bonds. The molecule has 3 nitrogen and oxygen atoms in total. The molecule has 43 heavy (non-hydrogen) atoms. The Morgan fingerprint density at radius 3 is 1.02 bits per heavy atom. The zero-order valence-corrected chi connectivity index (χ0v) is 24.8. The summed E-state index contributed by atoms with van der Waals surface area (Å²) in [6, 6.07) is 48.9. The number of nitrogens with zero attached hydrogens (tertiary/aromatic N) is 3. The highest BCUT2D eigenvalue weighted by molar-refractivity contribution is 6.13. The minimum Gasteiger partial charge on any atom is -0.341 e. The van der Waals surface area contributed by atoms with Gasteiger partial charge in [-0.25, -0.2) is 0 Å². The van der Waals surface area contributed by atoms with Crippen molar-refractivity contribution < 1.29 is 0 Å². The molecule has 0 spiro atoms. The van der Waals surface area contributed by atoms with Gasteiger partial charge in [0.2, 0.25) is 0 Å². The Morgan fingerprint density at radius 2 is 0.698 bits per heavy atom. The summed E-state index contributed by atoms with van der Waals surface area (Å²) in [7, 11) is 0. The number of benzene rings is 6. The highest BCUT2D eigenvalue weighted by Gasteiger charge is 2.17. The molecule has 0 aliphatic carbocycles. The molecule has 0 unspecified atom stereocenters. The highest BCUT2D eigenvalue weighted by Crippen LogP contribution is 2.38. The van der Waals surface area contributed by atoms with Gasteiger partial charge < -0.3 is 13.7 Å². The second-order valence-corrected chi connectivity index (χ2v) is 10.9. The summed E-state index contributed by atoms with van der Waals surface area (Å²) in [5.41, 5.74) is 9.85. The van der Waals surface area contributed by atoms with Crippen LogP contribution in [0.5, 0.6) is 0 Å². The number of aryl methyl sites for hydroxylation is 1. The van der Waals surface area contributed by atoms with Gasteiger partial charge >= 0.3 is 0 Å². The van der Waals surface area contributed by atoms with Crippen molar-refractivity contribution in [2.75, 3.05) is 0 Å². The smallest absolute Gasteiger partial charge is 0.0541 e. The van der Waals surface area contributed by atoms with Gasteiger partial charge in [-0.1, -0.05) is 86.6 Å². The highest BCUT2D eigenvalue weighted by atomic mass is 15.0. The Labute approximate surface area is 250 Å². The molecule has 0 N–H and O–H groups in total. The fourth-order valence-corrected chi connectivity index (χ4v) is 7.10. The van der Waals surface area contributed by atoms with Crippen LogP contribution in [-0.4, -0.2) is 13.7 Å². The van der Waals surface area contributed by atoms with Crippen molar-refractivity contribution in [2.45, 2.75) is 27.3 Å². The van der Waals surface area contributed by atoms with Gasteiger partial charge in [-0.05, 0) is 67.6 Å². The van der Waals surface area contributed by atoms with E-state index in [1.165, 1.54) is 76.8 Å². The van der Waals surface area contributed by atoms with Crippen LogP contribution in [0.3, 0.4) is 0 Å². The van der Waals surface area contributed by atoms with E-state index >= 15 is 0 Å². The number of rotatable bonds is 3. The van der Waals surface area contributed by atoms with Gasteiger partial charge in [-0.15, -0.1) is 0 Å². The SMILES string of the molecule is CC.CCn1c2ccc(-n3c4ccccc4c4ccccc43)cc2c2cc(-n3c4ccccc4c4ccccc43)ccc21. The van der Waals surface area contributed by atoms with Crippen molar-refractivity contribution in [3.63, 3.8) is 0 Å².